The molecule has 0 heterocycles. The summed E-state index contributed by atoms with van der Waals surface area (Å²) in [5.41, 5.74) is 2.51. The Labute approximate surface area is 211 Å². The largest absolute Gasteiger partial charge is 0.394 e. The van der Waals surface area contributed by atoms with Crippen LogP contribution in [0.3, 0.4) is 0 Å². The number of nitrogens with one attached hydrogen (secondary N) is 1. The lowest BCUT2D eigenvalue weighted by molar-refractivity contribution is -0.130. The van der Waals surface area contributed by atoms with E-state index in [0.29, 0.717) is 23.4 Å². The number of rotatable bonds is 14. The fraction of sp³-hybridized carbons (Fsp3) is 0.500. The molecule has 8 nitrogen and oxygen atoms in total. The van der Waals surface area contributed by atoms with Crippen molar-refractivity contribution in [3.63, 3.8) is 0 Å². The molecule has 1 amide bonds. The third-order valence-electron chi connectivity index (χ3n) is 5.83. The molecule has 0 aliphatic rings. The van der Waals surface area contributed by atoms with Crippen molar-refractivity contribution in [3.05, 3.63) is 70.2 Å². The van der Waals surface area contributed by atoms with E-state index in [1.165, 1.54) is 0 Å². The first kappa shape index (κ1) is 29.2. The second kappa shape index (κ2) is 14.5. The maximum Gasteiger partial charge on any atom is 0.253 e. The van der Waals surface area contributed by atoms with Gasteiger partial charge < -0.3 is 30.8 Å². The van der Waals surface area contributed by atoms with Crippen molar-refractivity contribution < 1.29 is 30.3 Å². The summed E-state index contributed by atoms with van der Waals surface area (Å²) in [4.78, 5) is 14.3. The van der Waals surface area contributed by atoms with Crippen LogP contribution in [-0.2, 0) is 17.6 Å². The average molecular weight is 509 g/mol. The summed E-state index contributed by atoms with van der Waals surface area (Å²) in [7, 11) is 0. The minimum Gasteiger partial charge on any atom is -0.394 e. The summed E-state index contributed by atoms with van der Waals surface area (Å²) < 4.78 is 0. The van der Waals surface area contributed by atoms with Crippen LogP contribution in [0.4, 0.5) is 0 Å². The molecular weight excluding hydrogens is 472 g/mol. The van der Waals surface area contributed by atoms with Gasteiger partial charge in [-0.15, -0.1) is 0 Å². The monoisotopic (exact) mass is 508 g/mol. The molecule has 0 aromatic heterocycles. The fourth-order valence-electron chi connectivity index (χ4n) is 3.93. The third kappa shape index (κ3) is 9.85. The molecule has 0 unspecified atom stereocenters. The molecule has 0 fully saturated rings. The number of hydrogen-bond acceptors (Lipinski definition) is 7. The summed E-state index contributed by atoms with van der Waals surface area (Å²) in [5.74, 6) is -0.486. The van der Waals surface area contributed by atoms with Gasteiger partial charge in [-0.25, -0.2) is 0 Å². The SMILES string of the molecule is C[C@H](Cc1ccc(C[C@@H](C)N(C[C@H](O)CO)C[C@H](O)CO)cc1)NC(=O)[C@H](O)c1cccc(Cl)c1. The Hall–Kier alpha value is -2.04. The number of halogens is 1. The maximum atomic E-state index is 12.4. The molecule has 2 aromatic rings. The molecule has 0 aliphatic carbocycles. The molecule has 0 saturated carbocycles. The van der Waals surface area contributed by atoms with Gasteiger partial charge in [-0.2, -0.15) is 0 Å². The minimum atomic E-state index is -1.29. The van der Waals surface area contributed by atoms with Crippen LogP contribution in [0.15, 0.2) is 48.5 Å². The van der Waals surface area contributed by atoms with Crippen molar-refractivity contribution in [1.29, 1.82) is 0 Å². The van der Waals surface area contributed by atoms with Crippen molar-refractivity contribution in [2.24, 2.45) is 0 Å². The zero-order valence-corrected chi connectivity index (χ0v) is 21.0. The molecular formula is C26H37ClN2O6. The van der Waals surface area contributed by atoms with E-state index in [0.717, 1.165) is 11.1 Å². The summed E-state index contributed by atoms with van der Waals surface area (Å²) in [6, 6.07) is 14.3. The second-order valence-electron chi connectivity index (χ2n) is 9.07. The van der Waals surface area contributed by atoms with Crippen LogP contribution in [-0.4, -0.2) is 86.9 Å². The summed E-state index contributed by atoms with van der Waals surface area (Å²) >= 11 is 5.94. The smallest absolute Gasteiger partial charge is 0.253 e. The number of amides is 1. The van der Waals surface area contributed by atoms with Gasteiger partial charge in [0.05, 0.1) is 25.4 Å². The van der Waals surface area contributed by atoms with E-state index >= 15 is 0 Å². The Bertz CT molecular complexity index is 901. The van der Waals surface area contributed by atoms with Gasteiger partial charge in [0, 0.05) is 30.2 Å². The summed E-state index contributed by atoms with van der Waals surface area (Å²) in [6.45, 7) is 3.45. The molecule has 5 atom stereocenters. The van der Waals surface area contributed by atoms with Crippen LogP contribution < -0.4 is 5.32 Å². The van der Waals surface area contributed by atoms with Crippen molar-refractivity contribution in [1.82, 2.24) is 10.2 Å². The molecule has 2 aromatic carbocycles. The Morgan fingerprint density at radius 3 is 1.97 bits per heavy atom. The molecule has 0 spiro atoms. The lowest BCUT2D eigenvalue weighted by Gasteiger charge is -2.32. The lowest BCUT2D eigenvalue weighted by atomic mass is 10.0. The molecule has 2 rings (SSSR count). The van der Waals surface area contributed by atoms with Crippen LogP contribution in [0.1, 0.15) is 36.6 Å². The maximum absolute atomic E-state index is 12.4. The fourth-order valence-corrected chi connectivity index (χ4v) is 4.13. The highest BCUT2D eigenvalue weighted by molar-refractivity contribution is 6.30. The number of aliphatic hydroxyl groups excluding tert-OH is 5. The van der Waals surface area contributed by atoms with Gasteiger partial charge >= 0.3 is 0 Å². The Morgan fingerprint density at radius 2 is 1.46 bits per heavy atom. The van der Waals surface area contributed by atoms with E-state index in [2.05, 4.69) is 5.32 Å². The van der Waals surface area contributed by atoms with Crippen LogP contribution >= 0.6 is 11.6 Å². The summed E-state index contributed by atoms with van der Waals surface area (Å²) in [6.07, 6.45) is -1.92. The van der Waals surface area contributed by atoms with E-state index in [-0.39, 0.29) is 38.4 Å². The van der Waals surface area contributed by atoms with E-state index in [1.54, 1.807) is 24.3 Å². The topological polar surface area (TPSA) is 133 Å². The van der Waals surface area contributed by atoms with Crippen molar-refractivity contribution in [2.45, 2.75) is 57.1 Å². The van der Waals surface area contributed by atoms with Crippen molar-refractivity contribution >= 4 is 17.5 Å². The Kier molecular flexibility index (Phi) is 12.1. The lowest BCUT2D eigenvalue weighted by Crippen LogP contribution is -2.45. The zero-order valence-electron chi connectivity index (χ0n) is 20.2. The van der Waals surface area contributed by atoms with E-state index in [1.807, 2.05) is 43.0 Å². The molecule has 6 N–H and O–H groups in total. The van der Waals surface area contributed by atoms with Gasteiger partial charge in [0.2, 0.25) is 0 Å². The van der Waals surface area contributed by atoms with Crippen molar-refractivity contribution in [2.75, 3.05) is 26.3 Å². The number of carbonyl (C=O) groups is 1. The predicted molar refractivity (Wildman–Crippen MR) is 135 cm³/mol. The number of aliphatic hydroxyl groups is 5. The van der Waals surface area contributed by atoms with Gasteiger partial charge in [-0.1, -0.05) is 48.0 Å². The quantitative estimate of drug-likeness (QED) is 0.225. The van der Waals surface area contributed by atoms with E-state index in [4.69, 9.17) is 21.8 Å². The van der Waals surface area contributed by atoms with Gasteiger partial charge in [-0.05, 0) is 55.5 Å². The first-order valence-electron chi connectivity index (χ1n) is 11.8. The molecule has 9 heteroatoms. The number of carbonyl (C=O) groups excluding carboxylic acids is 1. The Balaban J connectivity index is 1.92. The van der Waals surface area contributed by atoms with Gasteiger partial charge in [0.15, 0.2) is 6.10 Å². The molecule has 0 bridgehead atoms. The van der Waals surface area contributed by atoms with Gasteiger partial charge in [0.25, 0.3) is 5.91 Å². The van der Waals surface area contributed by atoms with Crippen molar-refractivity contribution in [3.8, 4) is 0 Å². The Morgan fingerprint density at radius 1 is 0.914 bits per heavy atom. The van der Waals surface area contributed by atoms with Crippen LogP contribution in [0.25, 0.3) is 0 Å². The average Bonchev–Trinajstić information content (AvgIpc) is 2.83. The molecule has 0 saturated heterocycles. The molecule has 0 aliphatic heterocycles. The van der Waals surface area contributed by atoms with E-state index in [9.17, 15) is 20.1 Å². The molecule has 0 radical (unpaired) electrons. The van der Waals surface area contributed by atoms with Gasteiger partial charge in [0.1, 0.15) is 0 Å². The predicted octanol–water partition coefficient (Wildman–Crippen LogP) is 1.06. The first-order valence-corrected chi connectivity index (χ1v) is 12.1. The highest BCUT2D eigenvalue weighted by Gasteiger charge is 2.21. The minimum absolute atomic E-state index is 0.0468. The van der Waals surface area contributed by atoms with Crippen LogP contribution in [0, 0.1) is 0 Å². The highest BCUT2D eigenvalue weighted by atomic mass is 35.5. The second-order valence-corrected chi connectivity index (χ2v) is 9.50. The number of nitrogens with zero attached hydrogens (tertiary/aromatic N) is 1. The normalized spacial score (nSPS) is 15.9. The number of hydrogen-bond donors (Lipinski definition) is 6. The van der Waals surface area contributed by atoms with Gasteiger partial charge in [-0.3, -0.25) is 9.69 Å². The highest BCUT2D eigenvalue weighted by Crippen LogP contribution is 2.18. The van der Waals surface area contributed by atoms with Crippen LogP contribution in [0.2, 0.25) is 5.02 Å². The summed E-state index contributed by atoms with van der Waals surface area (Å²) in [5, 5.41) is 51.6. The zero-order chi connectivity index (χ0) is 26.0. The molecule has 35 heavy (non-hydrogen) atoms. The van der Waals surface area contributed by atoms with Crippen LogP contribution in [0.5, 0.6) is 0 Å². The number of benzene rings is 2. The molecule has 194 valence electrons. The standard InChI is InChI=1S/C26H37ClN2O6/c1-17(28-26(35)25(34)21-4-3-5-22(27)12-21)10-19-6-8-20(9-7-19)11-18(2)29(13-23(32)15-30)14-24(33)16-31/h3-9,12,17-18,23-25,30-34H,10-11,13-16H2,1-2H3,(H,28,35)/t17-,18-,23+,24+,25-/m1/s1. The third-order valence-corrected chi connectivity index (χ3v) is 6.07. The van der Waals surface area contributed by atoms with E-state index < -0.39 is 24.2 Å². The first-order chi connectivity index (χ1) is 16.6.